The van der Waals surface area contributed by atoms with E-state index in [1.165, 1.54) is 17.3 Å². The van der Waals surface area contributed by atoms with Gasteiger partial charge in [0.15, 0.2) is 5.16 Å². The first kappa shape index (κ1) is 20.9. The van der Waals surface area contributed by atoms with Crippen molar-refractivity contribution in [3.8, 4) is 5.75 Å². The van der Waals surface area contributed by atoms with Gasteiger partial charge < -0.3 is 15.0 Å². The van der Waals surface area contributed by atoms with Crippen molar-refractivity contribution >= 4 is 23.5 Å². The molecule has 0 fully saturated rings. The van der Waals surface area contributed by atoms with Crippen LogP contribution in [0.2, 0.25) is 0 Å². The Morgan fingerprint density at radius 1 is 1.23 bits per heavy atom. The van der Waals surface area contributed by atoms with Crippen molar-refractivity contribution in [3.05, 3.63) is 93.8 Å². The number of H-pyrrole nitrogens is 1. The Morgan fingerprint density at radius 3 is 2.87 bits per heavy atom. The van der Waals surface area contributed by atoms with Crippen molar-refractivity contribution in [2.45, 2.75) is 30.2 Å². The first-order chi connectivity index (χ1) is 15.0. The molecule has 0 aliphatic carbocycles. The molecule has 4 rings (SSSR count). The second-order valence-corrected chi connectivity index (χ2v) is 8.32. The van der Waals surface area contributed by atoms with Gasteiger partial charge in [0.05, 0.1) is 5.56 Å². The number of para-hydroxylation sites is 1. The van der Waals surface area contributed by atoms with Crippen LogP contribution in [0.3, 0.4) is 0 Å². The van der Waals surface area contributed by atoms with Crippen LogP contribution in [0.15, 0.2) is 71.1 Å². The first-order valence-corrected chi connectivity index (χ1v) is 11.0. The first-order valence-electron chi connectivity index (χ1n) is 10.00. The highest BCUT2D eigenvalue weighted by atomic mass is 32.2. The summed E-state index contributed by atoms with van der Waals surface area (Å²) in [5, 5.41) is 3.24. The van der Waals surface area contributed by atoms with E-state index >= 15 is 0 Å². The third-order valence-electron chi connectivity index (χ3n) is 5.04. The number of thioether (sulfide) groups is 1. The van der Waals surface area contributed by atoms with Crippen molar-refractivity contribution in [1.29, 1.82) is 0 Å². The number of anilines is 1. The number of nitrogens with zero attached hydrogens (tertiary/aromatic N) is 1. The molecule has 1 aromatic heterocycles. The molecule has 2 N–H and O–H groups in total. The molecule has 31 heavy (non-hydrogen) atoms. The molecule has 1 amide bonds. The third kappa shape index (κ3) is 4.72. The zero-order chi connectivity index (χ0) is 21.8. The number of fused-ring (bicyclic) bond motifs is 1. The number of benzene rings is 2. The number of amides is 1. The fraction of sp³-hybridized carbons (Fsp3) is 0.208. The molecule has 1 aliphatic rings. The molecule has 0 saturated heterocycles. The number of rotatable bonds is 7. The lowest BCUT2D eigenvalue weighted by Crippen LogP contribution is -2.31. The fourth-order valence-corrected chi connectivity index (χ4v) is 4.49. The van der Waals surface area contributed by atoms with Crippen LogP contribution in [0.5, 0.6) is 5.75 Å². The Morgan fingerprint density at radius 2 is 2.06 bits per heavy atom. The van der Waals surface area contributed by atoms with Crippen LogP contribution in [-0.2, 0) is 10.5 Å². The topological polar surface area (TPSA) is 84.1 Å². The SMILES string of the molecule is C=CCOc1ccccc1[C@@H]1CC(=O)Nc2nc(SCc3cccc(C)c3)[nH]c(=O)c21. The van der Waals surface area contributed by atoms with Crippen LogP contribution in [0, 0.1) is 6.92 Å². The predicted octanol–water partition coefficient (Wildman–Crippen LogP) is 4.41. The van der Waals surface area contributed by atoms with Crippen molar-refractivity contribution < 1.29 is 9.53 Å². The molecule has 2 aromatic carbocycles. The summed E-state index contributed by atoms with van der Waals surface area (Å²) in [7, 11) is 0. The zero-order valence-electron chi connectivity index (χ0n) is 17.2. The summed E-state index contributed by atoms with van der Waals surface area (Å²) in [5.41, 5.74) is 3.31. The number of aromatic nitrogens is 2. The van der Waals surface area contributed by atoms with Crippen LogP contribution in [0.25, 0.3) is 0 Å². The lowest BCUT2D eigenvalue weighted by Gasteiger charge is -2.26. The van der Waals surface area contributed by atoms with Gasteiger partial charge in [0, 0.05) is 23.7 Å². The van der Waals surface area contributed by atoms with Gasteiger partial charge in [-0.3, -0.25) is 9.59 Å². The molecule has 6 nitrogen and oxygen atoms in total. The highest BCUT2D eigenvalue weighted by Crippen LogP contribution is 2.38. The standard InChI is InChI=1S/C24H23N3O3S/c1-3-11-30-19-10-5-4-9-17(19)18-13-20(28)25-22-21(18)23(29)27-24(26-22)31-14-16-8-6-7-15(2)12-16/h3-10,12,18H,1,11,13-14H2,2H3,(H2,25,26,27,28,29)/t18-/m0/s1. The van der Waals surface area contributed by atoms with Crippen molar-refractivity contribution in [2.75, 3.05) is 11.9 Å². The second kappa shape index (κ2) is 9.22. The van der Waals surface area contributed by atoms with E-state index in [1.54, 1.807) is 6.08 Å². The number of ether oxygens (including phenoxy) is 1. The molecular formula is C24H23N3O3S. The van der Waals surface area contributed by atoms with Crippen molar-refractivity contribution in [1.82, 2.24) is 9.97 Å². The summed E-state index contributed by atoms with van der Waals surface area (Å²) in [6.07, 6.45) is 1.81. The average molecular weight is 434 g/mol. The molecule has 7 heteroatoms. The summed E-state index contributed by atoms with van der Waals surface area (Å²) >= 11 is 1.43. The molecule has 0 bridgehead atoms. The van der Waals surface area contributed by atoms with Gasteiger partial charge in [-0.15, -0.1) is 0 Å². The van der Waals surface area contributed by atoms with Crippen LogP contribution in [-0.4, -0.2) is 22.5 Å². The van der Waals surface area contributed by atoms with E-state index in [2.05, 4.69) is 27.9 Å². The van der Waals surface area contributed by atoms with E-state index in [9.17, 15) is 9.59 Å². The van der Waals surface area contributed by atoms with Gasteiger partial charge in [0.1, 0.15) is 18.2 Å². The molecule has 0 spiro atoms. The van der Waals surface area contributed by atoms with E-state index in [-0.39, 0.29) is 17.9 Å². The number of carbonyl (C=O) groups is 1. The van der Waals surface area contributed by atoms with Gasteiger partial charge >= 0.3 is 0 Å². The summed E-state index contributed by atoms with van der Waals surface area (Å²) < 4.78 is 5.76. The minimum absolute atomic E-state index is 0.155. The summed E-state index contributed by atoms with van der Waals surface area (Å²) in [6, 6.07) is 15.6. The van der Waals surface area contributed by atoms with E-state index in [0.717, 1.165) is 11.1 Å². The van der Waals surface area contributed by atoms with Gasteiger partial charge in [-0.25, -0.2) is 4.98 Å². The van der Waals surface area contributed by atoms with Crippen LogP contribution >= 0.6 is 11.8 Å². The fourth-order valence-electron chi connectivity index (χ4n) is 3.69. The lowest BCUT2D eigenvalue weighted by molar-refractivity contribution is -0.116. The van der Waals surface area contributed by atoms with Gasteiger partial charge in [-0.2, -0.15) is 0 Å². The van der Waals surface area contributed by atoms with E-state index in [0.29, 0.717) is 34.6 Å². The van der Waals surface area contributed by atoms with Gasteiger partial charge in [0.2, 0.25) is 5.91 Å². The molecule has 3 aromatic rings. The van der Waals surface area contributed by atoms with Crippen molar-refractivity contribution in [3.63, 3.8) is 0 Å². The highest BCUT2D eigenvalue weighted by Gasteiger charge is 2.32. The molecule has 0 unspecified atom stereocenters. The van der Waals surface area contributed by atoms with Gasteiger partial charge in [-0.05, 0) is 18.6 Å². The molecule has 2 heterocycles. The third-order valence-corrected chi connectivity index (χ3v) is 5.98. The van der Waals surface area contributed by atoms with Gasteiger partial charge in [-0.1, -0.05) is 72.4 Å². The maximum Gasteiger partial charge on any atom is 0.257 e. The quantitative estimate of drug-likeness (QED) is 0.328. The number of hydrogen-bond acceptors (Lipinski definition) is 5. The molecule has 1 aliphatic heterocycles. The average Bonchev–Trinajstić information content (AvgIpc) is 2.75. The summed E-state index contributed by atoms with van der Waals surface area (Å²) in [4.78, 5) is 32.9. The minimum Gasteiger partial charge on any atom is -0.489 e. The number of nitrogens with one attached hydrogen (secondary N) is 2. The molecule has 158 valence electrons. The Labute approximate surface area is 184 Å². The predicted molar refractivity (Wildman–Crippen MR) is 123 cm³/mol. The molecular weight excluding hydrogens is 410 g/mol. The number of hydrogen-bond donors (Lipinski definition) is 2. The Hall–Kier alpha value is -3.32. The maximum absolute atomic E-state index is 13.0. The lowest BCUT2D eigenvalue weighted by atomic mass is 9.86. The maximum atomic E-state index is 13.0. The van der Waals surface area contributed by atoms with E-state index in [1.807, 2.05) is 49.4 Å². The van der Waals surface area contributed by atoms with Gasteiger partial charge in [0.25, 0.3) is 5.56 Å². The van der Waals surface area contributed by atoms with Crippen LogP contribution < -0.4 is 15.6 Å². The summed E-state index contributed by atoms with van der Waals surface area (Å²) in [5.74, 6) is 1.00. The van der Waals surface area contributed by atoms with E-state index < -0.39 is 5.92 Å². The summed E-state index contributed by atoms with van der Waals surface area (Å²) in [6.45, 7) is 6.06. The minimum atomic E-state index is -0.433. The Kier molecular flexibility index (Phi) is 6.23. The molecule has 0 radical (unpaired) electrons. The monoisotopic (exact) mass is 433 g/mol. The number of aromatic amines is 1. The zero-order valence-corrected chi connectivity index (χ0v) is 18.0. The number of carbonyl (C=O) groups excluding carboxylic acids is 1. The smallest absolute Gasteiger partial charge is 0.257 e. The van der Waals surface area contributed by atoms with Crippen LogP contribution in [0.1, 0.15) is 34.6 Å². The largest absolute Gasteiger partial charge is 0.489 e. The van der Waals surface area contributed by atoms with Crippen molar-refractivity contribution in [2.24, 2.45) is 0 Å². The highest BCUT2D eigenvalue weighted by molar-refractivity contribution is 7.98. The molecule has 1 atom stereocenters. The Balaban J connectivity index is 1.66. The Bertz CT molecular complexity index is 1190. The van der Waals surface area contributed by atoms with E-state index in [4.69, 9.17) is 4.74 Å². The second-order valence-electron chi connectivity index (χ2n) is 7.35. The molecule has 0 saturated carbocycles. The normalized spacial score (nSPS) is 15.1. The number of aryl methyl sites for hydroxylation is 1. The van der Waals surface area contributed by atoms with Crippen LogP contribution in [0.4, 0.5) is 5.82 Å².